The van der Waals surface area contributed by atoms with Crippen LogP contribution in [0.1, 0.15) is 0 Å². The maximum Gasteiger partial charge on any atom is 0.324 e. The van der Waals surface area contributed by atoms with Crippen LogP contribution in [0.2, 0.25) is 0 Å². The largest absolute Gasteiger partial charge is 0.363 e. The van der Waals surface area contributed by atoms with Crippen molar-refractivity contribution in [2.24, 2.45) is 0 Å². The van der Waals surface area contributed by atoms with E-state index in [4.69, 9.17) is 0 Å². The average Bonchev–Trinajstić information content (AvgIpc) is 2.83. The van der Waals surface area contributed by atoms with Crippen LogP contribution < -0.4 is 10.6 Å². The van der Waals surface area contributed by atoms with E-state index in [0.717, 1.165) is 0 Å². The summed E-state index contributed by atoms with van der Waals surface area (Å²) in [7, 11) is 1.54. The monoisotopic (exact) mass is 278 g/mol. The number of alkyl halides is 4. The van der Waals surface area contributed by atoms with E-state index in [1.807, 2.05) is 0 Å². The second-order valence-electron chi connectivity index (χ2n) is 3.69. The quantitative estimate of drug-likeness (QED) is 0.726. The second-order valence-corrected chi connectivity index (χ2v) is 3.69. The number of nitrogens with zero attached hydrogens (tertiary/aromatic N) is 3. The predicted molar refractivity (Wildman–Crippen MR) is 60.7 cm³/mol. The van der Waals surface area contributed by atoms with Gasteiger partial charge in [0.05, 0.1) is 18.1 Å². The molecule has 0 saturated carbocycles. The molecule has 2 aromatic rings. The van der Waals surface area contributed by atoms with Gasteiger partial charge < -0.3 is 10.6 Å². The molecule has 0 radical (unpaired) electrons. The van der Waals surface area contributed by atoms with Gasteiger partial charge in [0.2, 0.25) is 5.95 Å². The molecule has 2 rings (SSSR count). The van der Waals surface area contributed by atoms with Gasteiger partial charge in [-0.05, 0) is 0 Å². The number of anilines is 2. The van der Waals surface area contributed by atoms with Gasteiger partial charge in [0.25, 0.3) is 0 Å². The Morgan fingerprint density at radius 2 is 2.11 bits per heavy atom. The van der Waals surface area contributed by atoms with Gasteiger partial charge in [-0.2, -0.15) is 23.8 Å². The summed E-state index contributed by atoms with van der Waals surface area (Å²) in [5, 5.41) is 11.4. The zero-order valence-electron chi connectivity index (χ0n) is 9.72. The molecule has 3 N–H and O–H groups in total. The molecule has 2 aromatic heterocycles. The second kappa shape index (κ2) is 4.86. The minimum Gasteiger partial charge on any atom is -0.363 e. The molecular formula is C9H10F4N6. The molecule has 0 saturated heterocycles. The fourth-order valence-electron chi connectivity index (χ4n) is 1.36. The third-order valence-corrected chi connectivity index (χ3v) is 2.34. The van der Waals surface area contributed by atoms with Crippen LogP contribution in [0.4, 0.5) is 29.3 Å². The molecule has 0 atom stereocenters. The Bertz CT molecular complexity index is 569. The lowest BCUT2D eigenvalue weighted by Gasteiger charge is -2.16. The Kier molecular flexibility index (Phi) is 3.40. The van der Waals surface area contributed by atoms with Crippen LogP contribution in [0.5, 0.6) is 0 Å². The molecule has 0 spiro atoms. The lowest BCUT2D eigenvalue weighted by atomic mass is 10.3. The molecule has 0 aliphatic heterocycles. The third-order valence-electron chi connectivity index (χ3n) is 2.34. The zero-order valence-corrected chi connectivity index (χ0v) is 9.72. The van der Waals surface area contributed by atoms with Crippen LogP contribution in [-0.2, 0) is 0 Å². The first-order chi connectivity index (χ1) is 8.94. The molecule has 0 bridgehead atoms. The van der Waals surface area contributed by atoms with Gasteiger partial charge >= 0.3 is 12.3 Å². The third kappa shape index (κ3) is 2.66. The zero-order chi connectivity index (χ0) is 14.0. The standard InChI is InChI=1S/C9H10F4N6/c1-14-8-17-5(4-2-16-19-6(4)18-8)15-3-9(12,13)7(10)11/h2,7H,3H2,1H3,(H3,14,15,16,17,18,19). The van der Waals surface area contributed by atoms with Crippen LogP contribution >= 0.6 is 0 Å². The fourth-order valence-corrected chi connectivity index (χ4v) is 1.36. The topological polar surface area (TPSA) is 78.5 Å². The van der Waals surface area contributed by atoms with Crippen LogP contribution in [0.25, 0.3) is 11.0 Å². The summed E-state index contributed by atoms with van der Waals surface area (Å²) in [6, 6.07) is 0. The number of aromatic nitrogens is 4. The van der Waals surface area contributed by atoms with Gasteiger partial charge in [0, 0.05) is 7.05 Å². The highest BCUT2D eigenvalue weighted by Crippen LogP contribution is 2.25. The van der Waals surface area contributed by atoms with Crippen molar-refractivity contribution in [3.05, 3.63) is 6.20 Å². The number of fused-ring (bicyclic) bond motifs is 1. The first-order valence-electron chi connectivity index (χ1n) is 5.23. The predicted octanol–water partition coefficient (Wildman–Crippen LogP) is 1.71. The highest BCUT2D eigenvalue weighted by Gasteiger charge is 2.40. The number of aromatic amines is 1. The molecule has 0 amide bonds. The molecule has 104 valence electrons. The number of hydrogen-bond acceptors (Lipinski definition) is 5. The molecule has 0 aliphatic rings. The van der Waals surface area contributed by atoms with Crippen LogP contribution in [0, 0.1) is 0 Å². The van der Waals surface area contributed by atoms with Crippen molar-refractivity contribution < 1.29 is 17.6 Å². The smallest absolute Gasteiger partial charge is 0.324 e. The number of H-pyrrole nitrogens is 1. The molecule has 0 aliphatic carbocycles. The summed E-state index contributed by atoms with van der Waals surface area (Å²) < 4.78 is 49.8. The average molecular weight is 278 g/mol. The van der Waals surface area contributed by atoms with Crippen LogP contribution in [0.3, 0.4) is 0 Å². The van der Waals surface area contributed by atoms with E-state index in [2.05, 4.69) is 30.8 Å². The summed E-state index contributed by atoms with van der Waals surface area (Å²) in [4.78, 5) is 7.86. The summed E-state index contributed by atoms with van der Waals surface area (Å²) in [5.74, 6) is -3.98. The van der Waals surface area contributed by atoms with E-state index in [1.165, 1.54) is 13.2 Å². The van der Waals surface area contributed by atoms with Gasteiger partial charge in [0.15, 0.2) is 5.65 Å². The van der Waals surface area contributed by atoms with Gasteiger partial charge in [-0.3, -0.25) is 5.10 Å². The number of hydrogen-bond donors (Lipinski definition) is 3. The van der Waals surface area contributed by atoms with Gasteiger partial charge in [0.1, 0.15) is 5.82 Å². The summed E-state index contributed by atoms with van der Waals surface area (Å²) in [6.45, 7) is -1.23. The van der Waals surface area contributed by atoms with Crippen LogP contribution in [0.15, 0.2) is 6.20 Å². The van der Waals surface area contributed by atoms with Crippen molar-refractivity contribution in [2.45, 2.75) is 12.3 Å². The molecule has 0 fully saturated rings. The van der Waals surface area contributed by atoms with Crippen LogP contribution in [-0.4, -0.2) is 46.1 Å². The summed E-state index contributed by atoms with van der Waals surface area (Å²) in [6.07, 6.45) is -2.43. The van der Waals surface area contributed by atoms with Crippen molar-refractivity contribution in [2.75, 3.05) is 24.2 Å². The minimum atomic E-state index is -4.14. The molecular weight excluding hydrogens is 268 g/mol. The summed E-state index contributed by atoms with van der Waals surface area (Å²) in [5.41, 5.74) is 0.308. The molecule has 6 nitrogen and oxygen atoms in total. The van der Waals surface area contributed by atoms with Crippen molar-refractivity contribution >= 4 is 22.8 Å². The molecule has 19 heavy (non-hydrogen) atoms. The molecule has 10 heteroatoms. The normalized spacial score (nSPS) is 12.1. The Hall–Kier alpha value is -2.13. The lowest BCUT2D eigenvalue weighted by molar-refractivity contribution is -0.117. The van der Waals surface area contributed by atoms with E-state index >= 15 is 0 Å². The Labute approximate surface area is 104 Å². The highest BCUT2D eigenvalue weighted by molar-refractivity contribution is 5.86. The van der Waals surface area contributed by atoms with Crippen molar-refractivity contribution in [3.63, 3.8) is 0 Å². The van der Waals surface area contributed by atoms with Gasteiger partial charge in [-0.15, -0.1) is 0 Å². The first-order valence-corrected chi connectivity index (χ1v) is 5.23. The molecule has 2 heterocycles. The van der Waals surface area contributed by atoms with E-state index in [1.54, 1.807) is 0 Å². The van der Waals surface area contributed by atoms with Gasteiger partial charge in [-0.25, -0.2) is 8.78 Å². The molecule has 0 aromatic carbocycles. The maximum absolute atomic E-state index is 12.8. The number of halogens is 4. The van der Waals surface area contributed by atoms with E-state index in [9.17, 15) is 17.6 Å². The Balaban J connectivity index is 2.27. The van der Waals surface area contributed by atoms with E-state index < -0.39 is 18.9 Å². The minimum absolute atomic E-state index is 0.00317. The Morgan fingerprint density at radius 1 is 1.37 bits per heavy atom. The van der Waals surface area contributed by atoms with Crippen molar-refractivity contribution in [3.8, 4) is 0 Å². The number of rotatable bonds is 5. The lowest BCUT2D eigenvalue weighted by Crippen LogP contribution is -2.35. The fraction of sp³-hybridized carbons (Fsp3) is 0.444. The van der Waals surface area contributed by atoms with E-state index in [0.29, 0.717) is 11.0 Å². The van der Waals surface area contributed by atoms with Gasteiger partial charge in [-0.1, -0.05) is 0 Å². The summed E-state index contributed by atoms with van der Waals surface area (Å²) >= 11 is 0. The first kappa shape index (κ1) is 13.3. The SMILES string of the molecule is CNc1nc(NCC(F)(F)C(F)F)c2cn[nH]c2n1. The number of nitrogens with one attached hydrogen (secondary N) is 3. The highest BCUT2D eigenvalue weighted by atomic mass is 19.3. The van der Waals surface area contributed by atoms with Crippen molar-refractivity contribution in [1.82, 2.24) is 20.2 Å². The molecule has 0 unspecified atom stereocenters. The Morgan fingerprint density at radius 3 is 2.74 bits per heavy atom. The van der Waals surface area contributed by atoms with E-state index in [-0.39, 0.29) is 11.8 Å². The maximum atomic E-state index is 12.8. The van der Waals surface area contributed by atoms with Crippen molar-refractivity contribution in [1.29, 1.82) is 0 Å².